The average molecular weight is 282 g/mol. The fourth-order valence-corrected chi connectivity index (χ4v) is 1.96. The number of hydrogen-bond donors (Lipinski definition) is 2. The Morgan fingerprint density at radius 3 is 2.68 bits per heavy atom. The topological polar surface area (TPSA) is 58.2 Å². The molecule has 0 saturated heterocycles. The number of nitrogens with one attached hydrogen (secondary N) is 2. The molecule has 0 aliphatic heterocycles. The summed E-state index contributed by atoms with van der Waals surface area (Å²) >= 11 is 0. The van der Waals surface area contributed by atoms with Crippen molar-refractivity contribution in [3.8, 4) is 0 Å². The Morgan fingerprint density at radius 1 is 1.42 bits per heavy atom. The molecule has 2 atom stereocenters. The second-order valence-corrected chi connectivity index (χ2v) is 6.40. The molecule has 5 heteroatoms. The van der Waals surface area contributed by atoms with Gasteiger partial charge in [0, 0.05) is 41.1 Å². The molecule has 0 aliphatic rings. The number of benzene rings is 1. The van der Waals surface area contributed by atoms with Gasteiger partial charge >= 0.3 is 0 Å². The zero-order chi connectivity index (χ0) is 14.4. The van der Waals surface area contributed by atoms with E-state index in [1.54, 1.807) is 6.26 Å². The summed E-state index contributed by atoms with van der Waals surface area (Å²) in [6, 6.07) is 5.74. The molecule has 2 N–H and O–H groups in total. The van der Waals surface area contributed by atoms with Crippen LogP contribution in [0.4, 0.5) is 5.69 Å². The predicted molar refractivity (Wildman–Crippen MR) is 81.2 cm³/mol. The molecule has 2 unspecified atom stereocenters. The van der Waals surface area contributed by atoms with Gasteiger partial charge in [-0.25, -0.2) is 0 Å². The Balaban J connectivity index is 2.80. The second kappa shape index (κ2) is 7.28. The van der Waals surface area contributed by atoms with E-state index in [0.29, 0.717) is 12.1 Å². The van der Waals surface area contributed by atoms with Gasteiger partial charge in [-0.1, -0.05) is 11.6 Å². The second-order valence-electron chi connectivity index (χ2n) is 4.60. The van der Waals surface area contributed by atoms with Gasteiger partial charge in [-0.05, 0) is 32.9 Å². The standard InChI is InChI=1S/C14H22N2O2S/c1-5-15-13-7-6-10(2)8-12(13)14(17)16-9-11(3)19(4)18/h6-8,11,15H,5,9H2,1-4H3,(H,16,17). The largest absolute Gasteiger partial charge is 0.385 e. The van der Waals surface area contributed by atoms with Crippen LogP contribution in [0.25, 0.3) is 0 Å². The third kappa shape index (κ3) is 4.67. The minimum absolute atomic E-state index is 0.0451. The maximum atomic E-state index is 12.2. The van der Waals surface area contributed by atoms with Crippen LogP contribution in [0.2, 0.25) is 0 Å². The van der Waals surface area contributed by atoms with Gasteiger partial charge in [-0.3, -0.25) is 9.00 Å². The van der Waals surface area contributed by atoms with E-state index in [2.05, 4.69) is 10.6 Å². The summed E-state index contributed by atoms with van der Waals surface area (Å²) in [6.45, 7) is 6.98. The molecular formula is C14H22N2O2S. The van der Waals surface area contributed by atoms with Crippen LogP contribution in [0.5, 0.6) is 0 Å². The van der Waals surface area contributed by atoms with Crippen LogP contribution in [0.15, 0.2) is 18.2 Å². The van der Waals surface area contributed by atoms with E-state index in [-0.39, 0.29) is 11.2 Å². The molecule has 0 radical (unpaired) electrons. The van der Waals surface area contributed by atoms with Crippen LogP contribution < -0.4 is 10.6 Å². The van der Waals surface area contributed by atoms with Crippen molar-refractivity contribution >= 4 is 22.4 Å². The van der Waals surface area contributed by atoms with E-state index < -0.39 is 10.8 Å². The van der Waals surface area contributed by atoms with E-state index >= 15 is 0 Å². The summed E-state index contributed by atoms with van der Waals surface area (Å²) in [5.41, 5.74) is 2.51. The maximum Gasteiger partial charge on any atom is 0.253 e. The number of carbonyl (C=O) groups is 1. The van der Waals surface area contributed by atoms with Gasteiger partial charge in [0.05, 0.1) is 5.56 Å². The van der Waals surface area contributed by atoms with Crippen LogP contribution in [0.3, 0.4) is 0 Å². The average Bonchev–Trinajstić information content (AvgIpc) is 2.37. The van der Waals surface area contributed by atoms with E-state index in [9.17, 15) is 9.00 Å². The predicted octanol–water partition coefficient (Wildman–Crippen LogP) is 1.92. The number of rotatable bonds is 6. The number of carbonyl (C=O) groups excluding carboxylic acids is 1. The number of anilines is 1. The van der Waals surface area contributed by atoms with Crippen molar-refractivity contribution in [2.24, 2.45) is 0 Å². The Kier molecular flexibility index (Phi) is 6.02. The van der Waals surface area contributed by atoms with Crippen LogP contribution in [0, 0.1) is 6.92 Å². The molecular weight excluding hydrogens is 260 g/mol. The van der Waals surface area contributed by atoms with Crippen molar-refractivity contribution < 1.29 is 9.00 Å². The molecule has 1 aromatic rings. The Morgan fingerprint density at radius 2 is 2.11 bits per heavy atom. The molecule has 1 rings (SSSR count). The smallest absolute Gasteiger partial charge is 0.253 e. The zero-order valence-corrected chi connectivity index (χ0v) is 12.8. The van der Waals surface area contributed by atoms with Gasteiger partial charge in [0.15, 0.2) is 0 Å². The molecule has 1 aromatic carbocycles. The van der Waals surface area contributed by atoms with E-state index in [1.165, 1.54) is 0 Å². The summed E-state index contributed by atoms with van der Waals surface area (Å²) in [7, 11) is -0.927. The monoisotopic (exact) mass is 282 g/mol. The van der Waals surface area contributed by atoms with E-state index in [0.717, 1.165) is 17.8 Å². The highest BCUT2D eigenvalue weighted by molar-refractivity contribution is 7.84. The maximum absolute atomic E-state index is 12.2. The summed E-state index contributed by atoms with van der Waals surface area (Å²) in [5, 5.41) is 5.96. The molecule has 0 spiro atoms. The minimum atomic E-state index is -0.927. The van der Waals surface area contributed by atoms with Crippen molar-refractivity contribution in [3.05, 3.63) is 29.3 Å². The molecule has 0 bridgehead atoms. The first-order valence-electron chi connectivity index (χ1n) is 6.40. The van der Waals surface area contributed by atoms with E-state index in [1.807, 2.05) is 39.0 Å². The Labute approximate surface area is 117 Å². The third-order valence-electron chi connectivity index (χ3n) is 2.90. The fraction of sp³-hybridized carbons (Fsp3) is 0.500. The molecule has 19 heavy (non-hydrogen) atoms. The van der Waals surface area contributed by atoms with Crippen molar-refractivity contribution in [2.45, 2.75) is 26.0 Å². The van der Waals surface area contributed by atoms with Gasteiger partial charge in [0.25, 0.3) is 5.91 Å². The summed E-state index contributed by atoms with van der Waals surface area (Å²) in [6.07, 6.45) is 1.65. The molecule has 0 heterocycles. The van der Waals surface area contributed by atoms with Crippen LogP contribution >= 0.6 is 0 Å². The molecule has 1 amide bonds. The SMILES string of the molecule is CCNc1ccc(C)cc1C(=O)NCC(C)S(C)=O. The Hall–Kier alpha value is -1.36. The lowest BCUT2D eigenvalue weighted by Gasteiger charge is -2.14. The molecule has 4 nitrogen and oxygen atoms in total. The van der Waals surface area contributed by atoms with Crippen molar-refractivity contribution in [3.63, 3.8) is 0 Å². The summed E-state index contributed by atoms with van der Waals surface area (Å²) < 4.78 is 11.3. The van der Waals surface area contributed by atoms with Gasteiger partial charge in [0.1, 0.15) is 0 Å². The third-order valence-corrected chi connectivity index (χ3v) is 4.20. The molecule has 0 aliphatic carbocycles. The Bertz CT molecular complexity index is 475. The lowest BCUT2D eigenvalue weighted by Crippen LogP contribution is -2.33. The summed E-state index contributed by atoms with van der Waals surface area (Å²) in [4.78, 5) is 12.2. The van der Waals surface area contributed by atoms with Crippen LogP contribution in [-0.4, -0.2) is 34.7 Å². The van der Waals surface area contributed by atoms with Gasteiger partial charge < -0.3 is 10.6 Å². The highest BCUT2D eigenvalue weighted by atomic mass is 32.2. The molecule has 106 valence electrons. The molecule has 0 aromatic heterocycles. The zero-order valence-electron chi connectivity index (χ0n) is 11.9. The first-order chi connectivity index (χ1) is 8.95. The quantitative estimate of drug-likeness (QED) is 0.838. The first-order valence-corrected chi connectivity index (χ1v) is 8.02. The van der Waals surface area contributed by atoms with Gasteiger partial charge in [-0.15, -0.1) is 0 Å². The van der Waals surface area contributed by atoms with E-state index in [4.69, 9.17) is 0 Å². The first kappa shape index (κ1) is 15.7. The number of hydrogen-bond acceptors (Lipinski definition) is 3. The van der Waals surface area contributed by atoms with Crippen LogP contribution in [-0.2, 0) is 10.8 Å². The number of aryl methyl sites for hydroxylation is 1. The highest BCUT2D eigenvalue weighted by Gasteiger charge is 2.13. The summed E-state index contributed by atoms with van der Waals surface area (Å²) in [5.74, 6) is -0.128. The van der Waals surface area contributed by atoms with Crippen molar-refractivity contribution in [1.29, 1.82) is 0 Å². The minimum Gasteiger partial charge on any atom is -0.385 e. The fourth-order valence-electron chi connectivity index (χ4n) is 1.64. The molecule has 0 saturated carbocycles. The number of amides is 1. The van der Waals surface area contributed by atoms with Gasteiger partial charge in [-0.2, -0.15) is 0 Å². The lowest BCUT2D eigenvalue weighted by atomic mass is 10.1. The lowest BCUT2D eigenvalue weighted by molar-refractivity contribution is 0.0955. The normalized spacial score (nSPS) is 13.7. The highest BCUT2D eigenvalue weighted by Crippen LogP contribution is 2.17. The molecule has 0 fully saturated rings. The van der Waals surface area contributed by atoms with Crippen molar-refractivity contribution in [2.75, 3.05) is 24.7 Å². The van der Waals surface area contributed by atoms with Gasteiger partial charge in [0.2, 0.25) is 0 Å². The van der Waals surface area contributed by atoms with Crippen molar-refractivity contribution in [1.82, 2.24) is 5.32 Å². The van der Waals surface area contributed by atoms with Crippen LogP contribution in [0.1, 0.15) is 29.8 Å².